The Hall–Kier alpha value is -4.47. The summed E-state index contributed by atoms with van der Waals surface area (Å²) in [6.45, 7) is 1.34. The second-order valence-electron chi connectivity index (χ2n) is 7.10. The summed E-state index contributed by atoms with van der Waals surface area (Å²) in [5.41, 5.74) is 0.971. The van der Waals surface area contributed by atoms with Gasteiger partial charge in [-0.05, 0) is 43.3 Å². The van der Waals surface area contributed by atoms with Gasteiger partial charge in [0.05, 0.1) is 29.7 Å². The number of carbonyl (C=O) groups is 2. The third-order valence-corrected chi connectivity index (χ3v) is 4.89. The van der Waals surface area contributed by atoms with Gasteiger partial charge in [0, 0.05) is 17.3 Å². The molecule has 0 aliphatic rings. The second-order valence-corrected chi connectivity index (χ2v) is 7.10. The zero-order valence-electron chi connectivity index (χ0n) is 17.9. The summed E-state index contributed by atoms with van der Waals surface area (Å²) in [5, 5.41) is 13.4. The molecule has 0 aliphatic carbocycles. The number of ether oxygens (including phenoxy) is 1. The lowest BCUT2D eigenvalue weighted by Crippen LogP contribution is -2.31. The predicted octanol–water partition coefficient (Wildman–Crippen LogP) is 3.64. The van der Waals surface area contributed by atoms with E-state index in [1.165, 1.54) is 24.5 Å². The molecule has 2 aromatic heterocycles. The van der Waals surface area contributed by atoms with Crippen LogP contribution in [0.15, 0.2) is 54.9 Å². The Labute approximate surface area is 192 Å². The van der Waals surface area contributed by atoms with Gasteiger partial charge in [-0.2, -0.15) is 0 Å². The van der Waals surface area contributed by atoms with Gasteiger partial charge in [-0.3, -0.25) is 19.6 Å². The molecule has 0 fully saturated rings. The maximum Gasteiger partial charge on any atom is 0.325 e. The Morgan fingerprint density at radius 3 is 2.59 bits per heavy atom. The predicted molar refractivity (Wildman–Crippen MR) is 119 cm³/mol. The van der Waals surface area contributed by atoms with Crippen molar-refractivity contribution in [2.24, 2.45) is 0 Å². The van der Waals surface area contributed by atoms with Crippen molar-refractivity contribution in [2.75, 3.05) is 13.2 Å². The van der Waals surface area contributed by atoms with Crippen LogP contribution in [0, 0.1) is 11.6 Å². The molecule has 0 saturated heterocycles. The SMILES string of the molecule is CCOC(=O)CNC(=O)c1c(O)c(-c2ccccn2)cc2ncc(-c3ccc(F)c(F)c3)nc12. The Morgan fingerprint density at radius 2 is 1.88 bits per heavy atom. The zero-order valence-corrected chi connectivity index (χ0v) is 17.9. The zero-order chi connectivity index (χ0) is 24.2. The smallest absolute Gasteiger partial charge is 0.325 e. The number of benzene rings is 2. The van der Waals surface area contributed by atoms with E-state index in [0.717, 1.165) is 12.1 Å². The molecule has 1 amide bonds. The lowest BCUT2D eigenvalue weighted by molar-refractivity contribution is -0.141. The van der Waals surface area contributed by atoms with Gasteiger partial charge in [-0.15, -0.1) is 0 Å². The van der Waals surface area contributed by atoms with Crippen molar-refractivity contribution in [3.05, 3.63) is 72.1 Å². The number of aromatic nitrogens is 3. The average molecular weight is 464 g/mol. The lowest BCUT2D eigenvalue weighted by Gasteiger charge is -2.13. The number of phenols is 1. The van der Waals surface area contributed by atoms with Gasteiger partial charge in [0.15, 0.2) is 11.6 Å². The van der Waals surface area contributed by atoms with Gasteiger partial charge >= 0.3 is 5.97 Å². The number of pyridine rings is 1. The highest BCUT2D eigenvalue weighted by Gasteiger charge is 2.23. The minimum atomic E-state index is -1.07. The highest BCUT2D eigenvalue weighted by Crippen LogP contribution is 2.36. The van der Waals surface area contributed by atoms with Crippen LogP contribution in [-0.2, 0) is 9.53 Å². The fourth-order valence-corrected chi connectivity index (χ4v) is 3.32. The largest absolute Gasteiger partial charge is 0.506 e. The summed E-state index contributed by atoms with van der Waals surface area (Å²) < 4.78 is 31.9. The summed E-state index contributed by atoms with van der Waals surface area (Å²) >= 11 is 0. The van der Waals surface area contributed by atoms with E-state index in [2.05, 4.69) is 20.3 Å². The number of halogens is 2. The molecule has 0 spiro atoms. The normalized spacial score (nSPS) is 10.8. The molecule has 2 N–H and O–H groups in total. The van der Waals surface area contributed by atoms with Gasteiger partial charge in [0.1, 0.15) is 23.4 Å². The third kappa shape index (κ3) is 4.51. The van der Waals surface area contributed by atoms with E-state index < -0.39 is 35.8 Å². The van der Waals surface area contributed by atoms with E-state index in [1.807, 2.05) is 0 Å². The number of amides is 1. The van der Waals surface area contributed by atoms with Crippen molar-refractivity contribution in [2.45, 2.75) is 6.92 Å². The molecule has 4 aromatic rings. The number of carbonyl (C=O) groups excluding carboxylic acids is 2. The second kappa shape index (κ2) is 9.57. The van der Waals surface area contributed by atoms with Crippen molar-refractivity contribution in [3.63, 3.8) is 0 Å². The van der Waals surface area contributed by atoms with E-state index in [-0.39, 0.29) is 40.0 Å². The first kappa shape index (κ1) is 22.7. The Kier molecular flexibility index (Phi) is 6.39. The topological polar surface area (TPSA) is 114 Å². The maximum atomic E-state index is 13.8. The highest BCUT2D eigenvalue weighted by atomic mass is 19.2. The molecule has 0 bridgehead atoms. The monoisotopic (exact) mass is 464 g/mol. The number of fused-ring (bicyclic) bond motifs is 1. The quantitative estimate of drug-likeness (QED) is 0.419. The van der Waals surface area contributed by atoms with Gasteiger partial charge in [-0.25, -0.2) is 13.8 Å². The molecule has 4 rings (SSSR count). The van der Waals surface area contributed by atoms with Gasteiger partial charge in [-0.1, -0.05) is 6.07 Å². The number of nitrogens with one attached hydrogen (secondary N) is 1. The molecule has 2 heterocycles. The molecule has 0 radical (unpaired) electrons. The van der Waals surface area contributed by atoms with Crippen LogP contribution in [0.1, 0.15) is 17.3 Å². The maximum absolute atomic E-state index is 13.8. The van der Waals surface area contributed by atoms with E-state index in [1.54, 1.807) is 25.1 Å². The van der Waals surface area contributed by atoms with Crippen LogP contribution in [0.3, 0.4) is 0 Å². The molecule has 8 nitrogen and oxygen atoms in total. The number of phenolic OH excluding ortho intramolecular Hbond substituents is 1. The molecule has 0 aliphatic heterocycles. The van der Waals surface area contributed by atoms with Crippen LogP contribution in [0.2, 0.25) is 0 Å². The minimum Gasteiger partial charge on any atom is -0.506 e. The number of hydrogen-bond acceptors (Lipinski definition) is 7. The van der Waals surface area contributed by atoms with Crippen LogP contribution in [-0.4, -0.2) is 45.1 Å². The van der Waals surface area contributed by atoms with Crippen molar-refractivity contribution in [1.82, 2.24) is 20.3 Å². The average Bonchev–Trinajstić information content (AvgIpc) is 2.84. The van der Waals surface area contributed by atoms with E-state index in [9.17, 15) is 23.5 Å². The lowest BCUT2D eigenvalue weighted by atomic mass is 10.0. The molecule has 34 heavy (non-hydrogen) atoms. The Morgan fingerprint density at radius 1 is 1.06 bits per heavy atom. The first-order valence-electron chi connectivity index (χ1n) is 10.2. The van der Waals surface area contributed by atoms with Crippen molar-refractivity contribution in [1.29, 1.82) is 0 Å². The van der Waals surface area contributed by atoms with Crippen molar-refractivity contribution >= 4 is 22.9 Å². The molecule has 10 heteroatoms. The number of aromatic hydroxyl groups is 1. The summed E-state index contributed by atoms with van der Waals surface area (Å²) in [4.78, 5) is 37.7. The molecule has 0 unspecified atom stereocenters. The summed E-state index contributed by atoms with van der Waals surface area (Å²) in [6, 6.07) is 9.78. The van der Waals surface area contributed by atoms with Crippen LogP contribution < -0.4 is 5.32 Å². The molecule has 0 atom stereocenters. The number of esters is 1. The fraction of sp³-hybridized carbons (Fsp3) is 0.125. The molecular formula is C24H18F2N4O4. The van der Waals surface area contributed by atoms with E-state index in [4.69, 9.17) is 4.74 Å². The number of nitrogens with zero attached hydrogens (tertiary/aromatic N) is 3. The standard InChI is InChI=1S/C24H18F2N4O4/c1-2-34-20(31)12-29-24(33)21-22-18(10-14(23(21)32)17-5-3-4-8-27-17)28-11-19(30-22)13-6-7-15(25)16(26)9-13/h3-11,32H,2,12H2,1H3,(H,29,33). The van der Waals surface area contributed by atoms with Crippen LogP contribution in [0.4, 0.5) is 8.78 Å². The first-order valence-corrected chi connectivity index (χ1v) is 10.2. The number of rotatable bonds is 6. The third-order valence-electron chi connectivity index (χ3n) is 4.89. The van der Waals surface area contributed by atoms with Crippen molar-refractivity contribution in [3.8, 4) is 28.3 Å². The van der Waals surface area contributed by atoms with Crippen molar-refractivity contribution < 1.29 is 28.2 Å². The summed E-state index contributed by atoms with van der Waals surface area (Å²) in [6.07, 6.45) is 2.87. The van der Waals surface area contributed by atoms with Crippen LogP contribution in [0.25, 0.3) is 33.5 Å². The van der Waals surface area contributed by atoms with Gasteiger partial charge in [0.2, 0.25) is 0 Å². The van der Waals surface area contributed by atoms with Gasteiger partial charge < -0.3 is 15.2 Å². The highest BCUT2D eigenvalue weighted by molar-refractivity contribution is 6.10. The fourth-order valence-electron chi connectivity index (χ4n) is 3.32. The van der Waals surface area contributed by atoms with Crippen LogP contribution >= 0.6 is 0 Å². The van der Waals surface area contributed by atoms with Gasteiger partial charge in [0.25, 0.3) is 5.91 Å². The minimum absolute atomic E-state index is 0.000716. The Balaban J connectivity index is 1.87. The molecule has 172 valence electrons. The summed E-state index contributed by atoms with van der Waals surface area (Å²) in [7, 11) is 0. The summed E-state index contributed by atoms with van der Waals surface area (Å²) in [5.74, 6) is -3.97. The molecule has 2 aromatic carbocycles. The number of hydrogen-bond donors (Lipinski definition) is 2. The molecule has 0 saturated carbocycles. The van der Waals surface area contributed by atoms with E-state index in [0.29, 0.717) is 5.69 Å². The molecular weight excluding hydrogens is 446 g/mol. The Bertz CT molecular complexity index is 1400. The van der Waals surface area contributed by atoms with Crippen LogP contribution in [0.5, 0.6) is 5.75 Å². The van der Waals surface area contributed by atoms with E-state index >= 15 is 0 Å². The first-order chi connectivity index (χ1) is 16.4.